The molecule has 2 aliphatic rings. The number of nitrogens with zero attached hydrogens (tertiary/aromatic N) is 6. The second-order valence-electron chi connectivity index (χ2n) is 9.48. The van der Waals surface area contributed by atoms with Crippen molar-refractivity contribution in [3.63, 3.8) is 0 Å². The maximum absolute atomic E-state index is 12.4. The van der Waals surface area contributed by atoms with E-state index in [0.717, 1.165) is 19.4 Å². The number of hydrogen-bond donors (Lipinski definition) is 0. The van der Waals surface area contributed by atoms with Gasteiger partial charge in [0.05, 0.1) is 0 Å². The summed E-state index contributed by atoms with van der Waals surface area (Å²) in [4.78, 5) is 27.2. The number of rotatable bonds is 4. The number of likely N-dealkylation sites (tertiary alicyclic amines) is 1. The van der Waals surface area contributed by atoms with Crippen LogP contribution in [0.4, 0.5) is 10.6 Å². The molecule has 2 aliphatic heterocycles. The van der Waals surface area contributed by atoms with Gasteiger partial charge in [-0.3, -0.25) is 4.90 Å². The Labute approximate surface area is 184 Å². The molecule has 0 unspecified atom stereocenters. The van der Waals surface area contributed by atoms with Crippen LogP contribution in [-0.4, -0.2) is 82.9 Å². The lowest BCUT2D eigenvalue weighted by Gasteiger charge is -2.40. The van der Waals surface area contributed by atoms with Gasteiger partial charge in [0.1, 0.15) is 23.6 Å². The third kappa shape index (κ3) is 5.76. The van der Waals surface area contributed by atoms with Crippen molar-refractivity contribution < 1.29 is 14.3 Å². The monoisotopic (exact) mass is 430 g/mol. The van der Waals surface area contributed by atoms with Crippen LogP contribution in [0, 0.1) is 11.3 Å². The van der Waals surface area contributed by atoms with Crippen molar-refractivity contribution in [3.8, 4) is 11.9 Å². The SMILES string of the molecule is C[C@H](Oc1cc(N2CCN(C(=O)OC(C)(C)C)C[C@H]2C)nc(C#N)n1)[C@@H]1CCCN1C. The minimum atomic E-state index is -0.526. The number of ether oxygens (including phenoxy) is 2. The minimum absolute atomic E-state index is 0.00829. The summed E-state index contributed by atoms with van der Waals surface area (Å²) in [5, 5.41) is 9.43. The first-order valence-electron chi connectivity index (χ1n) is 11.0. The standard InChI is InChI=1S/C22H34N6O3/c1-15-14-27(21(29)31-22(3,4)5)10-11-28(15)19-12-20(25-18(13-23)24-19)30-16(2)17-8-7-9-26(17)6/h12,15-17H,7-11,14H2,1-6H3/t15-,16+,17+/m1/s1. The van der Waals surface area contributed by atoms with Crippen LogP contribution in [0.25, 0.3) is 0 Å². The molecule has 170 valence electrons. The van der Waals surface area contributed by atoms with E-state index >= 15 is 0 Å². The molecule has 0 saturated carbocycles. The van der Waals surface area contributed by atoms with Crippen LogP contribution in [0.1, 0.15) is 53.3 Å². The van der Waals surface area contributed by atoms with Crippen LogP contribution in [0.15, 0.2) is 6.07 Å². The Morgan fingerprint density at radius 3 is 2.61 bits per heavy atom. The van der Waals surface area contributed by atoms with Crippen LogP contribution in [0.2, 0.25) is 0 Å². The minimum Gasteiger partial charge on any atom is -0.473 e. The van der Waals surface area contributed by atoms with E-state index in [4.69, 9.17) is 9.47 Å². The zero-order valence-electron chi connectivity index (χ0n) is 19.5. The molecular formula is C22H34N6O3. The Morgan fingerprint density at radius 1 is 1.29 bits per heavy atom. The zero-order chi connectivity index (χ0) is 22.8. The second kappa shape index (κ2) is 9.27. The topological polar surface area (TPSA) is 94.8 Å². The van der Waals surface area contributed by atoms with Gasteiger partial charge in [-0.15, -0.1) is 0 Å². The predicted octanol–water partition coefficient (Wildman–Crippen LogP) is 2.66. The Balaban J connectivity index is 1.71. The van der Waals surface area contributed by atoms with Gasteiger partial charge in [-0.1, -0.05) is 0 Å². The molecule has 1 aromatic heterocycles. The quantitative estimate of drug-likeness (QED) is 0.719. The van der Waals surface area contributed by atoms with Gasteiger partial charge in [-0.25, -0.2) is 9.78 Å². The van der Waals surface area contributed by atoms with Gasteiger partial charge in [0, 0.05) is 37.8 Å². The molecule has 3 atom stereocenters. The lowest BCUT2D eigenvalue weighted by Crippen LogP contribution is -2.54. The third-order valence-corrected chi connectivity index (χ3v) is 5.79. The van der Waals surface area contributed by atoms with E-state index in [1.54, 1.807) is 11.0 Å². The second-order valence-corrected chi connectivity index (χ2v) is 9.48. The summed E-state index contributed by atoms with van der Waals surface area (Å²) in [6.07, 6.45) is 1.90. The lowest BCUT2D eigenvalue weighted by molar-refractivity contribution is 0.0218. The molecule has 1 aromatic rings. The Bertz CT molecular complexity index is 834. The number of anilines is 1. The number of carbonyl (C=O) groups is 1. The van der Waals surface area contributed by atoms with E-state index in [0.29, 0.717) is 37.4 Å². The number of aromatic nitrogens is 2. The number of hydrogen-bond acceptors (Lipinski definition) is 8. The van der Waals surface area contributed by atoms with Crippen LogP contribution in [0.5, 0.6) is 5.88 Å². The number of carbonyl (C=O) groups excluding carboxylic acids is 1. The summed E-state index contributed by atoms with van der Waals surface area (Å²) in [6.45, 7) is 12.3. The summed E-state index contributed by atoms with van der Waals surface area (Å²) in [5.74, 6) is 1.14. The maximum Gasteiger partial charge on any atom is 0.410 e. The van der Waals surface area contributed by atoms with Crippen molar-refractivity contribution in [1.29, 1.82) is 5.26 Å². The summed E-state index contributed by atoms with van der Waals surface area (Å²) in [5.41, 5.74) is -0.526. The highest BCUT2D eigenvalue weighted by Crippen LogP contribution is 2.26. The highest BCUT2D eigenvalue weighted by Gasteiger charge is 2.32. The fourth-order valence-corrected chi connectivity index (χ4v) is 4.26. The van der Waals surface area contributed by atoms with Crippen molar-refractivity contribution >= 4 is 11.9 Å². The predicted molar refractivity (Wildman–Crippen MR) is 117 cm³/mol. The molecule has 31 heavy (non-hydrogen) atoms. The van der Waals surface area contributed by atoms with Crippen molar-refractivity contribution in [2.24, 2.45) is 0 Å². The zero-order valence-corrected chi connectivity index (χ0v) is 19.5. The van der Waals surface area contributed by atoms with E-state index in [1.165, 1.54) is 0 Å². The maximum atomic E-state index is 12.4. The molecule has 1 amide bonds. The van der Waals surface area contributed by atoms with Crippen LogP contribution >= 0.6 is 0 Å². The van der Waals surface area contributed by atoms with E-state index in [1.807, 2.05) is 40.7 Å². The van der Waals surface area contributed by atoms with Gasteiger partial charge in [-0.05, 0) is 61.1 Å². The molecule has 3 heterocycles. The number of piperazine rings is 1. The van der Waals surface area contributed by atoms with Crippen molar-refractivity contribution in [1.82, 2.24) is 19.8 Å². The highest BCUT2D eigenvalue weighted by molar-refractivity contribution is 5.68. The van der Waals surface area contributed by atoms with Gasteiger partial charge in [0.25, 0.3) is 0 Å². The average Bonchev–Trinajstić information content (AvgIpc) is 3.12. The highest BCUT2D eigenvalue weighted by atomic mass is 16.6. The summed E-state index contributed by atoms with van der Waals surface area (Å²) in [7, 11) is 2.11. The van der Waals surface area contributed by atoms with Gasteiger partial charge in [0.15, 0.2) is 0 Å². The van der Waals surface area contributed by atoms with Crippen molar-refractivity contribution in [2.75, 3.05) is 38.1 Å². The van der Waals surface area contributed by atoms with Crippen molar-refractivity contribution in [3.05, 3.63) is 11.9 Å². The van der Waals surface area contributed by atoms with Crippen LogP contribution in [0.3, 0.4) is 0 Å². The number of likely N-dealkylation sites (N-methyl/N-ethyl adjacent to an activating group) is 1. The molecule has 0 bridgehead atoms. The summed E-state index contributed by atoms with van der Waals surface area (Å²) >= 11 is 0. The molecule has 9 heteroatoms. The van der Waals surface area contributed by atoms with E-state index in [-0.39, 0.29) is 24.1 Å². The van der Waals surface area contributed by atoms with Crippen LogP contribution in [-0.2, 0) is 4.74 Å². The van der Waals surface area contributed by atoms with Gasteiger partial charge in [0.2, 0.25) is 11.7 Å². The van der Waals surface area contributed by atoms with E-state index in [9.17, 15) is 10.1 Å². The fourth-order valence-electron chi connectivity index (χ4n) is 4.26. The molecule has 3 rings (SSSR count). The smallest absolute Gasteiger partial charge is 0.410 e. The number of amides is 1. The molecule has 0 aliphatic carbocycles. The third-order valence-electron chi connectivity index (χ3n) is 5.79. The van der Waals surface area contributed by atoms with Crippen LogP contribution < -0.4 is 9.64 Å². The molecular weight excluding hydrogens is 396 g/mol. The first kappa shape index (κ1) is 23.1. The molecule has 2 fully saturated rings. The molecule has 0 spiro atoms. The first-order valence-corrected chi connectivity index (χ1v) is 11.0. The molecule has 0 radical (unpaired) electrons. The Morgan fingerprint density at radius 2 is 2.03 bits per heavy atom. The van der Waals surface area contributed by atoms with Gasteiger partial charge in [-0.2, -0.15) is 10.2 Å². The molecule has 2 saturated heterocycles. The summed E-state index contributed by atoms with van der Waals surface area (Å²) < 4.78 is 11.6. The average molecular weight is 431 g/mol. The largest absolute Gasteiger partial charge is 0.473 e. The fraction of sp³-hybridized carbons (Fsp3) is 0.727. The first-order chi connectivity index (χ1) is 14.6. The molecule has 9 nitrogen and oxygen atoms in total. The summed E-state index contributed by atoms with van der Waals surface area (Å²) in [6, 6.07) is 4.18. The number of nitriles is 1. The van der Waals surface area contributed by atoms with E-state index < -0.39 is 5.60 Å². The van der Waals surface area contributed by atoms with Gasteiger partial charge >= 0.3 is 6.09 Å². The lowest BCUT2D eigenvalue weighted by atomic mass is 10.1. The Kier molecular flexibility index (Phi) is 6.90. The Hall–Kier alpha value is -2.60. The van der Waals surface area contributed by atoms with E-state index in [2.05, 4.69) is 26.8 Å². The molecule has 0 N–H and O–H groups in total. The van der Waals surface area contributed by atoms with Gasteiger partial charge < -0.3 is 19.3 Å². The normalized spacial score (nSPS) is 23.4. The molecule has 0 aromatic carbocycles. The van der Waals surface area contributed by atoms with Crippen molar-refractivity contribution in [2.45, 2.75) is 71.2 Å².